The van der Waals surface area contributed by atoms with Gasteiger partial charge in [-0.1, -0.05) is 0 Å². The molecule has 0 saturated heterocycles. The summed E-state index contributed by atoms with van der Waals surface area (Å²) in [4.78, 5) is 7.43. The van der Waals surface area contributed by atoms with E-state index < -0.39 is 25.4 Å². The van der Waals surface area contributed by atoms with Crippen LogP contribution in [0.4, 0.5) is 11.5 Å². The van der Waals surface area contributed by atoms with Crippen molar-refractivity contribution in [3.05, 3.63) is 11.5 Å². The first-order valence-corrected chi connectivity index (χ1v) is 4.83. The normalized spacial score (nSPS) is 11.5. The Balaban J connectivity index is 2.97. The van der Waals surface area contributed by atoms with Crippen LogP contribution in [0, 0.1) is 0 Å². The van der Waals surface area contributed by atoms with Crippen LogP contribution in [0.25, 0.3) is 0 Å². The van der Waals surface area contributed by atoms with Gasteiger partial charge in [0.05, 0.1) is 31.7 Å². The Morgan fingerprint density at radius 2 is 1.88 bits per heavy atom. The first-order valence-electron chi connectivity index (χ1n) is 4.45. The first-order chi connectivity index (χ1) is 7.56. The van der Waals surface area contributed by atoms with Crippen LogP contribution >= 0.6 is 11.6 Å². The Kier molecular flexibility index (Phi) is 4.25. The smallest absolute Gasteiger partial charge is 0.224 e. The molecule has 1 aromatic heterocycles. The van der Waals surface area contributed by atoms with Crippen molar-refractivity contribution < 1.29 is 15.3 Å². The van der Waals surface area contributed by atoms with E-state index in [1.54, 1.807) is 0 Å². The van der Waals surface area contributed by atoms with Crippen molar-refractivity contribution in [3.8, 4) is 0 Å². The zero-order chi connectivity index (χ0) is 12.2. The summed E-state index contributed by atoms with van der Waals surface area (Å²) >= 11 is 5.57. The lowest BCUT2D eigenvalue weighted by molar-refractivity contribution is 0.0831. The van der Waals surface area contributed by atoms with E-state index in [2.05, 4.69) is 15.3 Å². The van der Waals surface area contributed by atoms with Gasteiger partial charge in [0.15, 0.2) is 5.82 Å². The van der Waals surface area contributed by atoms with Crippen molar-refractivity contribution in [3.63, 3.8) is 0 Å². The maximum Gasteiger partial charge on any atom is 0.224 e. The molecule has 0 aromatic carbocycles. The van der Waals surface area contributed by atoms with Crippen molar-refractivity contribution in [2.75, 3.05) is 30.9 Å². The summed E-state index contributed by atoms with van der Waals surface area (Å²) < 4.78 is 0. The van der Waals surface area contributed by atoms with Crippen LogP contribution in [-0.4, -0.2) is 50.6 Å². The van der Waals surface area contributed by atoms with E-state index in [1.807, 2.05) is 0 Å². The monoisotopic (exact) mass is 248 g/mol. The van der Waals surface area contributed by atoms with Crippen LogP contribution in [0.2, 0.25) is 5.28 Å². The second-order valence-corrected chi connectivity index (χ2v) is 3.66. The summed E-state index contributed by atoms with van der Waals surface area (Å²) in [5, 5.41) is 29.9. The van der Waals surface area contributed by atoms with E-state index in [0.29, 0.717) is 0 Å². The second kappa shape index (κ2) is 5.26. The van der Waals surface area contributed by atoms with E-state index in [9.17, 15) is 0 Å². The number of nitrogen functional groups attached to an aromatic ring is 1. The topological polar surface area (TPSA) is 125 Å². The van der Waals surface area contributed by atoms with Crippen LogP contribution in [0.15, 0.2) is 6.20 Å². The van der Waals surface area contributed by atoms with Crippen molar-refractivity contribution >= 4 is 23.1 Å². The van der Waals surface area contributed by atoms with E-state index in [1.165, 1.54) is 6.20 Å². The largest absolute Gasteiger partial charge is 0.394 e. The molecule has 0 radical (unpaired) electrons. The molecule has 0 saturated carbocycles. The molecule has 1 aromatic rings. The minimum Gasteiger partial charge on any atom is -0.394 e. The highest BCUT2D eigenvalue weighted by Crippen LogP contribution is 2.20. The number of halogens is 1. The summed E-state index contributed by atoms with van der Waals surface area (Å²) in [5.41, 5.74) is 4.47. The number of rotatable bonds is 5. The van der Waals surface area contributed by atoms with Crippen LogP contribution in [0.1, 0.15) is 0 Å². The Labute approximate surface area is 96.9 Å². The number of nitrogens with zero attached hydrogens (tertiary/aromatic N) is 2. The molecule has 0 unspecified atom stereocenters. The number of nitrogens with one attached hydrogen (secondary N) is 1. The molecule has 8 heteroatoms. The summed E-state index contributed by atoms with van der Waals surface area (Å²) in [6, 6.07) is 0. The highest BCUT2D eigenvalue weighted by atomic mass is 35.5. The fourth-order valence-corrected chi connectivity index (χ4v) is 1.12. The SMILES string of the molecule is Nc1cnc(Cl)nc1NC(CO)(CO)CO. The van der Waals surface area contributed by atoms with E-state index in [4.69, 9.17) is 32.7 Å². The highest BCUT2D eigenvalue weighted by molar-refractivity contribution is 6.28. The molecule has 0 fully saturated rings. The summed E-state index contributed by atoms with van der Waals surface area (Å²) in [5.74, 6) is 0.150. The summed E-state index contributed by atoms with van der Waals surface area (Å²) in [6.45, 7) is -1.46. The van der Waals surface area contributed by atoms with Crippen LogP contribution in [0.3, 0.4) is 0 Å². The van der Waals surface area contributed by atoms with Crippen molar-refractivity contribution in [1.82, 2.24) is 9.97 Å². The number of hydrogen-bond donors (Lipinski definition) is 5. The van der Waals surface area contributed by atoms with Gasteiger partial charge >= 0.3 is 0 Å². The van der Waals surface area contributed by atoms with Gasteiger partial charge in [-0.15, -0.1) is 0 Å². The molecule has 0 aliphatic rings. The zero-order valence-corrected chi connectivity index (χ0v) is 9.15. The van der Waals surface area contributed by atoms with Crippen molar-refractivity contribution in [1.29, 1.82) is 0 Å². The molecular formula is C8H13ClN4O3. The third-order valence-corrected chi connectivity index (χ3v) is 2.26. The van der Waals surface area contributed by atoms with Crippen molar-refractivity contribution in [2.24, 2.45) is 0 Å². The van der Waals surface area contributed by atoms with Crippen LogP contribution in [-0.2, 0) is 0 Å². The number of anilines is 2. The number of aliphatic hydroxyl groups excluding tert-OH is 3. The van der Waals surface area contributed by atoms with Gasteiger partial charge in [0.25, 0.3) is 0 Å². The number of aliphatic hydroxyl groups is 3. The first kappa shape index (κ1) is 12.9. The van der Waals surface area contributed by atoms with E-state index in [-0.39, 0.29) is 16.8 Å². The van der Waals surface area contributed by atoms with Gasteiger partial charge in [-0.2, -0.15) is 4.98 Å². The van der Waals surface area contributed by atoms with E-state index >= 15 is 0 Å². The Hall–Kier alpha value is -1.15. The average Bonchev–Trinajstić information content (AvgIpc) is 2.31. The predicted molar refractivity (Wildman–Crippen MR) is 59.1 cm³/mol. The van der Waals surface area contributed by atoms with Crippen LogP contribution in [0.5, 0.6) is 0 Å². The number of hydrogen-bond acceptors (Lipinski definition) is 7. The molecule has 1 heterocycles. The molecular weight excluding hydrogens is 236 g/mol. The number of aromatic nitrogens is 2. The molecule has 90 valence electrons. The minimum absolute atomic E-state index is 0.0283. The van der Waals surface area contributed by atoms with Gasteiger partial charge in [0.2, 0.25) is 5.28 Å². The summed E-state index contributed by atoms with van der Waals surface area (Å²) in [6.07, 6.45) is 1.29. The second-order valence-electron chi connectivity index (χ2n) is 3.32. The Morgan fingerprint density at radius 3 is 2.38 bits per heavy atom. The fourth-order valence-electron chi connectivity index (χ4n) is 0.989. The molecule has 0 aliphatic heterocycles. The highest BCUT2D eigenvalue weighted by Gasteiger charge is 2.29. The number of nitrogens with two attached hydrogens (primary N) is 1. The van der Waals surface area contributed by atoms with Gasteiger partial charge in [-0.05, 0) is 11.6 Å². The van der Waals surface area contributed by atoms with Crippen LogP contribution < -0.4 is 11.1 Å². The maximum absolute atomic E-state index is 9.10. The Morgan fingerprint density at radius 1 is 1.31 bits per heavy atom. The third kappa shape index (κ3) is 2.70. The van der Waals surface area contributed by atoms with Crippen molar-refractivity contribution in [2.45, 2.75) is 5.54 Å². The lowest BCUT2D eigenvalue weighted by Gasteiger charge is -2.29. The predicted octanol–water partition coefficient (Wildman–Crippen LogP) is -1.16. The minimum atomic E-state index is -1.30. The lowest BCUT2D eigenvalue weighted by atomic mass is 10.0. The molecule has 0 aliphatic carbocycles. The average molecular weight is 249 g/mol. The fraction of sp³-hybridized carbons (Fsp3) is 0.500. The molecule has 0 amide bonds. The standard InChI is InChI=1S/C8H13ClN4O3/c9-7-11-1-5(10)6(12-7)13-8(2-14,3-15)4-16/h1,14-16H,2-4,10H2,(H,11,12,13). The summed E-state index contributed by atoms with van der Waals surface area (Å²) in [7, 11) is 0. The maximum atomic E-state index is 9.10. The molecule has 0 atom stereocenters. The van der Waals surface area contributed by atoms with Gasteiger partial charge in [0.1, 0.15) is 5.54 Å². The van der Waals surface area contributed by atoms with Gasteiger partial charge in [-0.3, -0.25) is 0 Å². The molecule has 0 spiro atoms. The molecule has 0 bridgehead atoms. The third-order valence-electron chi connectivity index (χ3n) is 2.08. The van der Waals surface area contributed by atoms with Gasteiger partial charge in [0, 0.05) is 0 Å². The Bertz CT molecular complexity index is 351. The van der Waals surface area contributed by atoms with Gasteiger partial charge in [-0.25, -0.2) is 4.98 Å². The lowest BCUT2D eigenvalue weighted by Crippen LogP contribution is -2.49. The quantitative estimate of drug-likeness (QED) is 0.416. The van der Waals surface area contributed by atoms with E-state index in [0.717, 1.165) is 0 Å². The molecule has 6 N–H and O–H groups in total. The molecule has 7 nitrogen and oxygen atoms in total. The van der Waals surface area contributed by atoms with Gasteiger partial charge < -0.3 is 26.4 Å². The molecule has 16 heavy (non-hydrogen) atoms. The molecule has 1 rings (SSSR count). The zero-order valence-electron chi connectivity index (χ0n) is 8.39.